The molecule has 1 heterocycles. The number of ether oxygens (including phenoxy) is 1. The summed E-state index contributed by atoms with van der Waals surface area (Å²) in [6.07, 6.45) is 7.63. The molecular formula is C29H40N2O5. The van der Waals surface area contributed by atoms with Gasteiger partial charge in [0.2, 0.25) is 0 Å². The Morgan fingerprint density at radius 1 is 1.11 bits per heavy atom. The fourth-order valence-electron chi connectivity index (χ4n) is 4.72. The highest BCUT2D eigenvalue weighted by atomic mass is 16.5. The number of aliphatic hydroxyl groups is 3. The molecule has 1 aromatic carbocycles. The monoisotopic (exact) mass is 496 g/mol. The van der Waals surface area contributed by atoms with Crippen molar-refractivity contribution in [2.45, 2.75) is 76.4 Å². The second-order valence-electron chi connectivity index (χ2n) is 9.70. The van der Waals surface area contributed by atoms with Crippen LogP contribution in [0.5, 0.6) is 11.5 Å². The first-order valence-corrected chi connectivity index (χ1v) is 13.1. The van der Waals surface area contributed by atoms with Crippen molar-refractivity contribution in [2.75, 3.05) is 18.9 Å². The van der Waals surface area contributed by atoms with Gasteiger partial charge in [0.15, 0.2) is 11.5 Å². The van der Waals surface area contributed by atoms with Gasteiger partial charge in [0.1, 0.15) is 5.82 Å². The van der Waals surface area contributed by atoms with Gasteiger partial charge < -0.3 is 30.9 Å². The van der Waals surface area contributed by atoms with E-state index in [0.717, 1.165) is 43.2 Å². The van der Waals surface area contributed by atoms with Gasteiger partial charge in [0.25, 0.3) is 0 Å². The molecule has 0 spiro atoms. The van der Waals surface area contributed by atoms with Crippen LogP contribution in [0.2, 0.25) is 0 Å². The van der Waals surface area contributed by atoms with Crippen molar-refractivity contribution in [3.05, 3.63) is 47.7 Å². The molecule has 0 radical (unpaired) electrons. The van der Waals surface area contributed by atoms with Crippen LogP contribution in [0.15, 0.2) is 36.5 Å². The summed E-state index contributed by atoms with van der Waals surface area (Å²) in [5.74, 6) is 7.29. The van der Waals surface area contributed by atoms with Gasteiger partial charge in [0, 0.05) is 31.1 Å². The zero-order valence-corrected chi connectivity index (χ0v) is 21.0. The molecule has 7 nitrogen and oxygen atoms in total. The lowest BCUT2D eigenvalue weighted by atomic mass is 9.85. The van der Waals surface area contributed by atoms with Crippen molar-refractivity contribution in [3.63, 3.8) is 0 Å². The minimum absolute atomic E-state index is 0.0860. The van der Waals surface area contributed by atoms with Crippen LogP contribution < -0.4 is 10.5 Å². The van der Waals surface area contributed by atoms with Gasteiger partial charge in [-0.15, -0.1) is 5.92 Å². The maximum absolute atomic E-state index is 10.9. The molecule has 2 aromatic rings. The van der Waals surface area contributed by atoms with E-state index in [-0.39, 0.29) is 24.2 Å². The molecule has 196 valence electrons. The predicted octanol–water partition coefficient (Wildman–Crippen LogP) is 3.62. The average molecular weight is 497 g/mol. The standard InChI is InChI=1S/C29H40N2O5/c30-29-20-22(14-16-31-29)7-4-18-36-28-19-23(11-13-27(28)35)10-12-26(34)24-8-3-6-21(15-17-32)5-1-2-9-25(24)33/h11,13-14,16,19-21,24-26,32-35H,1-2,4-5,7-10,12,15,17-18H2,(H2,30,31). The number of aryl methyl sites for hydroxylation is 2. The smallest absolute Gasteiger partial charge is 0.161 e. The summed E-state index contributed by atoms with van der Waals surface area (Å²) in [6.45, 7) is 0.582. The number of anilines is 1. The number of hydrogen-bond donors (Lipinski definition) is 5. The number of phenolic OH excluding ortho intramolecular Hbond substituents is 1. The normalized spacial score (nSPS) is 21.2. The molecule has 6 N–H and O–H groups in total. The lowest BCUT2D eigenvalue weighted by molar-refractivity contribution is 0.00556. The first-order valence-electron chi connectivity index (χ1n) is 13.1. The van der Waals surface area contributed by atoms with Crippen molar-refractivity contribution in [1.82, 2.24) is 4.98 Å². The predicted molar refractivity (Wildman–Crippen MR) is 140 cm³/mol. The first kappa shape index (κ1) is 27.8. The van der Waals surface area contributed by atoms with Crippen LogP contribution in [0.1, 0.15) is 62.5 Å². The molecule has 1 aliphatic carbocycles. The highest BCUT2D eigenvalue weighted by molar-refractivity contribution is 5.42. The Labute approximate surface area is 214 Å². The molecule has 1 aromatic heterocycles. The van der Waals surface area contributed by atoms with Gasteiger partial charge in [-0.3, -0.25) is 0 Å². The third kappa shape index (κ3) is 9.02. The van der Waals surface area contributed by atoms with Crippen molar-refractivity contribution in [3.8, 4) is 23.3 Å². The summed E-state index contributed by atoms with van der Waals surface area (Å²) in [4.78, 5) is 3.99. The molecular weight excluding hydrogens is 456 g/mol. The van der Waals surface area contributed by atoms with E-state index in [1.54, 1.807) is 12.3 Å². The topological polar surface area (TPSA) is 129 Å². The number of nitrogen functional groups attached to an aromatic ring is 1. The molecule has 0 fully saturated rings. The Hall–Kier alpha value is -2.79. The summed E-state index contributed by atoms with van der Waals surface area (Å²) >= 11 is 0. The van der Waals surface area contributed by atoms with Gasteiger partial charge in [-0.1, -0.05) is 24.8 Å². The third-order valence-electron chi connectivity index (χ3n) is 6.88. The van der Waals surface area contributed by atoms with Gasteiger partial charge in [-0.2, -0.15) is 0 Å². The van der Waals surface area contributed by atoms with E-state index in [4.69, 9.17) is 10.5 Å². The van der Waals surface area contributed by atoms with E-state index in [9.17, 15) is 20.4 Å². The Bertz CT molecular complexity index is 1000. The Balaban J connectivity index is 1.52. The van der Waals surface area contributed by atoms with Crippen molar-refractivity contribution >= 4 is 5.82 Å². The van der Waals surface area contributed by atoms with Crippen molar-refractivity contribution < 1.29 is 25.2 Å². The second-order valence-corrected chi connectivity index (χ2v) is 9.70. The van der Waals surface area contributed by atoms with Gasteiger partial charge in [-0.25, -0.2) is 4.98 Å². The molecule has 4 unspecified atom stereocenters. The number of aromatic hydroxyl groups is 1. The van der Waals surface area contributed by atoms with E-state index >= 15 is 0 Å². The van der Waals surface area contributed by atoms with Crippen molar-refractivity contribution in [1.29, 1.82) is 0 Å². The molecule has 0 saturated carbocycles. The van der Waals surface area contributed by atoms with Crippen LogP contribution in [0.3, 0.4) is 0 Å². The highest BCUT2D eigenvalue weighted by Gasteiger charge is 2.26. The van der Waals surface area contributed by atoms with Gasteiger partial charge in [-0.05, 0) is 80.3 Å². The van der Waals surface area contributed by atoms with Crippen LogP contribution in [0.25, 0.3) is 0 Å². The van der Waals surface area contributed by atoms with E-state index in [1.165, 1.54) is 0 Å². The fraction of sp³-hybridized carbons (Fsp3) is 0.552. The van der Waals surface area contributed by atoms with Crippen LogP contribution in [-0.2, 0) is 12.8 Å². The number of nitrogens with two attached hydrogens (primary N) is 1. The van der Waals surface area contributed by atoms with Crippen LogP contribution in [0, 0.1) is 23.7 Å². The molecule has 0 aliphatic heterocycles. The molecule has 4 atom stereocenters. The zero-order valence-electron chi connectivity index (χ0n) is 21.0. The highest BCUT2D eigenvalue weighted by Crippen LogP contribution is 2.29. The first-order chi connectivity index (χ1) is 17.5. The summed E-state index contributed by atoms with van der Waals surface area (Å²) in [6, 6.07) is 9.03. The third-order valence-corrected chi connectivity index (χ3v) is 6.88. The molecule has 7 heteroatoms. The number of rotatable bonds is 11. The van der Waals surface area contributed by atoms with Gasteiger partial charge in [0.05, 0.1) is 18.8 Å². The number of hydrogen-bond acceptors (Lipinski definition) is 7. The number of aromatic nitrogens is 1. The molecule has 1 aliphatic rings. The maximum atomic E-state index is 10.9. The summed E-state index contributed by atoms with van der Waals surface area (Å²) in [5.41, 5.74) is 7.76. The molecule has 3 rings (SSSR count). The van der Waals surface area contributed by atoms with E-state index in [1.807, 2.05) is 24.3 Å². The largest absolute Gasteiger partial charge is 0.504 e. The molecule has 36 heavy (non-hydrogen) atoms. The Kier molecular flexibility index (Phi) is 11.3. The summed E-state index contributed by atoms with van der Waals surface area (Å²) < 4.78 is 5.82. The maximum Gasteiger partial charge on any atom is 0.161 e. The van der Waals surface area contributed by atoms with Crippen LogP contribution >= 0.6 is 0 Å². The van der Waals surface area contributed by atoms with Gasteiger partial charge >= 0.3 is 0 Å². The molecule has 0 bridgehead atoms. The zero-order chi connectivity index (χ0) is 25.8. The molecule has 0 saturated heterocycles. The second kappa shape index (κ2) is 14.7. The lowest BCUT2D eigenvalue weighted by Crippen LogP contribution is -2.32. The van der Waals surface area contributed by atoms with Crippen LogP contribution in [-0.4, -0.2) is 50.8 Å². The van der Waals surface area contributed by atoms with Crippen molar-refractivity contribution in [2.24, 2.45) is 11.8 Å². The lowest BCUT2D eigenvalue weighted by Gasteiger charge is -2.27. The number of phenols is 1. The number of pyridine rings is 1. The molecule has 0 amide bonds. The number of nitrogens with zero attached hydrogens (tertiary/aromatic N) is 1. The number of aliphatic hydroxyl groups excluding tert-OH is 3. The quantitative estimate of drug-likeness (QED) is 0.237. The number of benzene rings is 1. The average Bonchev–Trinajstić information content (AvgIpc) is 2.86. The SMILES string of the molecule is Nc1cc(CCCOc2cc(CCC(O)C3CC#CC(CCO)CCCCC3O)ccc2O)ccn1. The minimum atomic E-state index is -0.684. The summed E-state index contributed by atoms with van der Waals surface area (Å²) in [7, 11) is 0. The van der Waals surface area contributed by atoms with E-state index in [0.29, 0.717) is 50.3 Å². The van der Waals surface area contributed by atoms with E-state index in [2.05, 4.69) is 16.8 Å². The minimum Gasteiger partial charge on any atom is -0.504 e. The van der Waals surface area contributed by atoms with Crippen LogP contribution in [0.4, 0.5) is 5.82 Å². The summed E-state index contributed by atoms with van der Waals surface area (Å²) in [5, 5.41) is 41.1. The van der Waals surface area contributed by atoms with E-state index < -0.39 is 12.2 Å². The Morgan fingerprint density at radius 3 is 2.72 bits per heavy atom. The fourth-order valence-corrected chi connectivity index (χ4v) is 4.72. The Morgan fingerprint density at radius 2 is 1.92 bits per heavy atom.